The fraction of sp³-hybridized carbons (Fsp3) is 0.474. The zero-order valence-corrected chi connectivity index (χ0v) is 14.2. The standard InChI is InChI=1S/C19H24N4O/c1-20-14-10-12-22(13-11-14)19(24)18-16-8-5-9-17(16)23(21-18)15-6-3-2-4-7-15/h2-4,6-7,14,20H,5,8-13H2,1H3. The van der Waals surface area contributed by atoms with Crippen molar-refractivity contribution >= 4 is 5.91 Å². The number of para-hydroxylation sites is 1. The van der Waals surface area contributed by atoms with E-state index in [1.165, 1.54) is 11.3 Å². The highest BCUT2D eigenvalue weighted by Gasteiger charge is 2.31. The maximum Gasteiger partial charge on any atom is 0.274 e. The Morgan fingerprint density at radius 1 is 1.17 bits per heavy atom. The molecule has 1 N–H and O–H groups in total. The van der Waals surface area contributed by atoms with E-state index in [1.807, 2.05) is 34.8 Å². The molecule has 0 spiro atoms. The molecule has 1 amide bonds. The number of hydrogen-bond donors (Lipinski definition) is 1. The molecular weight excluding hydrogens is 300 g/mol. The van der Waals surface area contributed by atoms with E-state index in [0.717, 1.165) is 50.9 Å². The van der Waals surface area contributed by atoms with Gasteiger partial charge in [0.25, 0.3) is 5.91 Å². The number of likely N-dealkylation sites (tertiary alicyclic amines) is 1. The second kappa shape index (κ2) is 6.40. The van der Waals surface area contributed by atoms with E-state index in [1.54, 1.807) is 0 Å². The summed E-state index contributed by atoms with van der Waals surface area (Å²) in [4.78, 5) is 15.0. The molecule has 5 heteroatoms. The lowest BCUT2D eigenvalue weighted by Crippen LogP contribution is -2.44. The molecule has 1 aromatic carbocycles. The number of rotatable bonds is 3. The second-order valence-corrected chi connectivity index (χ2v) is 6.73. The van der Waals surface area contributed by atoms with Gasteiger partial charge in [0.05, 0.1) is 5.69 Å². The Labute approximate surface area is 142 Å². The molecule has 0 bridgehead atoms. The van der Waals surface area contributed by atoms with Crippen LogP contribution in [0.2, 0.25) is 0 Å². The van der Waals surface area contributed by atoms with Gasteiger partial charge in [0, 0.05) is 30.4 Å². The van der Waals surface area contributed by atoms with E-state index < -0.39 is 0 Å². The summed E-state index contributed by atoms with van der Waals surface area (Å²) in [6.07, 6.45) is 5.12. The molecule has 4 rings (SSSR count). The molecule has 0 radical (unpaired) electrons. The Morgan fingerprint density at radius 3 is 2.62 bits per heavy atom. The molecule has 5 nitrogen and oxygen atoms in total. The van der Waals surface area contributed by atoms with Gasteiger partial charge in [0.1, 0.15) is 0 Å². The summed E-state index contributed by atoms with van der Waals surface area (Å²) in [7, 11) is 2.00. The Bertz CT molecular complexity index is 729. The zero-order chi connectivity index (χ0) is 16.5. The second-order valence-electron chi connectivity index (χ2n) is 6.73. The van der Waals surface area contributed by atoms with Crippen molar-refractivity contribution in [1.29, 1.82) is 0 Å². The lowest BCUT2D eigenvalue weighted by atomic mass is 10.0. The predicted molar refractivity (Wildman–Crippen MR) is 93.6 cm³/mol. The summed E-state index contributed by atoms with van der Waals surface area (Å²) in [5, 5.41) is 8.04. The molecule has 126 valence electrons. The first-order valence-electron chi connectivity index (χ1n) is 8.90. The number of carbonyl (C=O) groups is 1. The van der Waals surface area contributed by atoms with Gasteiger partial charge < -0.3 is 10.2 Å². The summed E-state index contributed by atoms with van der Waals surface area (Å²) in [6, 6.07) is 10.7. The van der Waals surface area contributed by atoms with Crippen LogP contribution in [0.15, 0.2) is 30.3 Å². The van der Waals surface area contributed by atoms with Gasteiger partial charge in [-0.15, -0.1) is 0 Å². The van der Waals surface area contributed by atoms with Gasteiger partial charge in [-0.1, -0.05) is 18.2 Å². The molecular formula is C19H24N4O. The molecule has 1 saturated heterocycles. The number of benzene rings is 1. The van der Waals surface area contributed by atoms with Crippen LogP contribution in [-0.4, -0.2) is 46.8 Å². The maximum absolute atomic E-state index is 13.0. The fourth-order valence-corrected chi connectivity index (χ4v) is 3.91. The number of nitrogens with one attached hydrogen (secondary N) is 1. The lowest BCUT2D eigenvalue weighted by molar-refractivity contribution is 0.0700. The molecule has 2 aliphatic rings. The third-order valence-electron chi connectivity index (χ3n) is 5.32. The molecule has 24 heavy (non-hydrogen) atoms. The lowest BCUT2D eigenvalue weighted by Gasteiger charge is -2.31. The van der Waals surface area contributed by atoms with Crippen molar-refractivity contribution in [3.63, 3.8) is 0 Å². The van der Waals surface area contributed by atoms with E-state index in [0.29, 0.717) is 11.7 Å². The van der Waals surface area contributed by atoms with Crippen LogP contribution >= 0.6 is 0 Å². The summed E-state index contributed by atoms with van der Waals surface area (Å²) in [6.45, 7) is 1.63. The number of nitrogens with zero attached hydrogens (tertiary/aromatic N) is 3. The van der Waals surface area contributed by atoms with Gasteiger partial charge in [0.15, 0.2) is 5.69 Å². The average molecular weight is 324 g/mol. The van der Waals surface area contributed by atoms with Crippen LogP contribution in [0.1, 0.15) is 41.0 Å². The van der Waals surface area contributed by atoms with E-state index in [9.17, 15) is 4.79 Å². The number of fused-ring (bicyclic) bond motifs is 1. The summed E-state index contributed by atoms with van der Waals surface area (Å²) in [5.41, 5.74) is 4.10. The van der Waals surface area contributed by atoms with Crippen LogP contribution in [0, 0.1) is 0 Å². The van der Waals surface area contributed by atoms with E-state index >= 15 is 0 Å². The summed E-state index contributed by atoms with van der Waals surface area (Å²) < 4.78 is 1.98. The Morgan fingerprint density at radius 2 is 1.92 bits per heavy atom. The van der Waals surface area contributed by atoms with Crippen LogP contribution in [-0.2, 0) is 12.8 Å². The quantitative estimate of drug-likeness (QED) is 0.941. The van der Waals surface area contributed by atoms with Gasteiger partial charge in [-0.05, 0) is 51.3 Å². The minimum Gasteiger partial charge on any atom is -0.337 e. The average Bonchev–Trinajstić information content (AvgIpc) is 3.24. The smallest absolute Gasteiger partial charge is 0.274 e. The number of hydrogen-bond acceptors (Lipinski definition) is 3. The molecule has 0 atom stereocenters. The molecule has 2 aromatic rings. The Balaban J connectivity index is 1.63. The highest BCUT2D eigenvalue weighted by molar-refractivity contribution is 5.94. The highest BCUT2D eigenvalue weighted by atomic mass is 16.2. The van der Waals surface area contributed by atoms with Crippen molar-refractivity contribution in [1.82, 2.24) is 20.0 Å². The van der Waals surface area contributed by atoms with Gasteiger partial charge >= 0.3 is 0 Å². The monoisotopic (exact) mass is 324 g/mol. The minimum atomic E-state index is 0.109. The Hall–Kier alpha value is -2.14. The van der Waals surface area contributed by atoms with E-state index in [-0.39, 0.29) is 5.91 Å². The number of carbonyl (C=O) groups excluding carboxylic acids is 1. The first kappa shape index (κ1) is 15.4. The van der Waals surface area contributed by atoms with Crippen LogP contribution in [0.5, 0.6) is 0 Å². The molecule has 1 aliphatic carbocycles. The van der Waals surface area contributed by atoms with Gasteiger partial charge in [-0.2, -0.15) is 5.10 Å². The third kappa shape index (κ3) is 2.63. The molecule has 2 heterocycles. The topological polar surface area (TPSA) is 50.2 Å². The summed E-state index contributed by atoms with van der Waals surface area (Å²) >= 11 is 0. The van der Waals surface area contributed by atoms with Gasteiger partial charge in [-0.25, -0.2) is 4.68 Å². The molecule has 1 aliphatic heterocycles. The fourth-order valence-electron chi connectivity index (χ4n) is 3.91. The van der Waals surface area contributed by atoms with Crippen molar-refractivity contribution in [2.45, 2.75) is 38.1 Å². The van der Waals surface area contributed by atoms with Crippen molar-refractivity contribution in [2.24, 2.45) is 0 Å². The van der Waals surface area contributed by atoms with Crippen molar-refractivity contribution in [3.05, 3.63) is 47.3 Å². The van der Waals surface area contributed by atoms with Crippen molar-refractivity contribution in [3.8, 4) is 5.69 Å². The SMILES string of the molecule is CNC1CCN(C(=O)c2nn(-c3ccccc3)c3c2CCC3)CC1. The summed E-state index contributed by atoms with van der Waals surface area (Å²) in [5.74, 6) is 0.109. The maximum atomic E-state index is 13.0. The first-order valence-corrected chi connectivity index (χ1v) is 8.90. The molecule has 0 unspecified atom stereocenters. The molecule has 1 aromatic heterocycles. The zero-order valence-electron chi connectivity index (χ0n) is 14.2. The van der Waals surface area contributed by atoms with Crippen LogP contribution in [0.4, 0.5) is 0 Å². The molecule has 1 fully saturated rings. The van der Waals surface area contributed by atoms with E-state index in [4.69, 9.17) is 5.10 Å². The predicted octanol–water partition coefficient (Wildman–Crippen LogP) is 2.18. The van der Waals surface area contributed by atoms with Crippen LogP contribution in [0.25, 0.3) is 5.69 Å². The minimum absolute atomic E-state index is 0.109. The van der Waals surface area contributed by atoms with Gasteiger partial charge in [0.2, 0.25) is 0 Å². The largest absolute Gasteiger partial charge is 0.337 e. The van der Waals surface area contributed by atoms with Gasteiger partial charge in [-0.3, -0.25) is 4.79 Å². The Kier molecular flexibility index (Phi) is 4.10. The number of piperidine rings is 1. The van der Waals surface area contributed by atoms with E-state index in [2.05, 4.69) is 17.4 Å². The highest BCUT2D eigenvalue weighted by Crippen LogP contribution is 2.29. The van der Waals surface area contributed by atoms with Crippen molar-refractivity contribution < 1.29 is 4.79 Å². The molecule has 0 saturated carbocycles. The van der Waals surface area contributed by atoms with Crippen LogP contribution < -0.4 is 5.32 Å². The first-order chi connectivity index (χ1) is 11.8. The third-order valence-corrected chi connectivity index (χ3v) is 5.32. The number of amides is 1. The van der Waals surface area contributed by atoms with Crippen molar-refractivity contribution in [2.75, 3.05) is 20.1 Å². The number of aromatic nitrogens is 2. The van der Waals surface area contributed by atoms with Crippen LogP contribution in [0.3, 0.4) is 0 Å². The normalized spacial score (nSPS) is 18.0.